The molecule has 0 unspecified atom stereocenters. The maximum absolute atomic E-state index is 11.3. The lowest BCUT2D eigenvalue weighted by Crippen LogP contribution is -2.15. The van der Waals surface area contributed by atoms with Crippen LogP contribution in [0, 0.1) is 0 Å². The predicted molar refractivity (Wildman–Crippen MR) is 58.8 cm³/mol. The molecule has 0 aliphatic carbocycles. The topological polar surface area (TPSA) is 75.6 Å². The highest BCUT2D eigenvalue weighted by Gasteiger charge is 2.14. The maximum Gasteiger partial charge on any atom is 0.411 e. The highest BCUT2D eigenvalue weighted by Crippen LogP contribution is 2.27. The van der Waals surface area contributed by atoms with Gasteiger partial charge in [0.05, 0.1) is 12.3 Å². The number of hydrogen-bond acceptors (Lipinski definition) is 4. The number of ketones is 1. The fourth-order valence-electron chi connectivity index (χ4n) is 1.23. The molecule has 0 atom stereocenters. The number of para-hydroxylation sites is 1. The van der Waals surface area contributed by atoms with Crippen molar-refractivity contribution in [2.45, 2.75) is 13.8 Å². The second kappa shape index (κ2) is 5.16. The summed E-state index contributed by atoms with van der Waals surface area (Å²) in [6, 6.07) is 4.43. The van der Waals surface area contributed by atoms with Crippen molar-refractivity contribution in [1.82, 2.24) is 0 Å². The highest BCUT2D eigenvalue weighted by molar-refractivity contribution is 6.04. The first-order chi connectivity index (χ1) is 7.56. The number of amides is 1. The molecule has 0 aromatic heterocycles. The first kappa shape index (κ1) is 12.0. The molecular weight excluding hydrogens is 210 g/mol. The first-order valence-electron chi connectivity index (χ1n) is 4.83. The number of anilines is 1. The predicted octanol–water partition coefficient (Wildman–Crippen LogP) is 2.16. The van der Waals surface area contributed by atoms with E-state index in [9.17, 15) is 14.7 Å². The summed E-state index contributed by atoms with van der Waals surface area (Å²) in [6.07, 6.45) is -0.702. The Morgan fingerprint density at radius 1 is 1.44 bits per heavy atom. The molecule has 0 heterocycles. The van der Waals surface area contributed by atoms with Gasteiger partial charge in [0.1, 0.15) is 5.75 Å². The number of carbonyl (C=O) groups is 2. The number of aromatic hydroxyl groups is 1. The van der Waals surface area contributed by atoms with Gasteiger partial charge in [0, 0.05) is 5.56 Å². The summed E-state index contributed by atoms with van der Waals surface area (Å²) < 4.78 is 4.66. The van der Waals surface area contributed by atoms with Crippen molar-refractivity contribution in [3.63, 3.8) is 0 Å². The molecule has 5 nitrogen and oxygen atoms in total. The second-order valence-electron chi connectivity index (χ2n) is 3.10. The van der Waals surface area contributed by atoms with E-state index < -0.39 is 6.09 Å². The van der Waals surface area contributed by atoms with Crippen LogP contribution in [0.2, 0.25) is 0 Å². The quantitative estimate of drug-likeness (QED) is 0.608. The van der Waals surface area contributed by atoms with Crippen LogP contribution in [0.4, 0.5) is 10.5 Å². The third-order valence-electron chi connectivity index (χ3n) is 1.92. The molecule has 16 heavy (non-hydrogen) atoms. The largest absolute Gasteiger partial charge is 0.506 e. The van der Waals surface area contributed by atoms with Crippen LogP contribution in [-0.4, -0.2) is 23.6 Å². The first-order valence-corrected chi connectivity index (χ1v) is 4.83. The van der Waals surface area contributed by atoms with E-state index in [0.717, 1.165) is 0 Å². The molecule has 0 fully saturated rings. The lowest BCUT2D eigenvalue weighted by Gasteiger charge is -2.10. The molecular formula is C11H13NO4. The number of rotatable bonds is 3. The van der Waals surface area contributed by atoms with E-state index in [1.165, 1.54) is 25.1 Å². The molecule has 1 amide bonds. The Morgan fingerprint density at radius 3 is 2.69 bits per heavy atom. The van der Waals surface area contributed by atoms with Crippen LogP contribution in [0.3, 0.4) is 0 Å². The van der Waals surface area contributed by atoms with Gasteiger partial charge < -0.3 is 9.84 Å². The van der Waals surface area contributed by atoms with E-state index in [-0.39, 0.29) is 29.4 Å². The molecule has 0 saturated heterocycles. The van der Waals surface area contributed by atoms with E-state index >= 15 is 0 Å². The smallest absolute Gasteiger partial charge is 0.411 e. The number of phenolic OH excluding ortho intramolecular Hbond substituents is 1. The summed E-state index contributed by atoms with van der Waals surface area (Å²) >= 11 is 0. The Morgan fingerprint density at radius 2 is 2.12 bits per heavy atom. The van der Waals surface area contributed by atoms with Gasteiger partial charge in [-0.15, -0.1) is 0 Å². The summed E-state index contributed by atoms with van der Waals surface area (Å²) in [5.41, 5.74) is 0.321. The van der Waals surface area contributed by atoms with Crippen LogP contribution in [0.25, 0.3) is 0 Å². The van der Waals surface area contributed by atoms with Crippen LogP contribution in [-0.2, 0) is 4.74 Å². The molecule has 0 spiro atoms. The molecule has 0 bridgehead atoms. The minimum absolute atomic E-state index is 0.0773. The van der Waals surface area contributed by atoms with Crippen LogP contribution in [0.5, 0.6) is 5.75 Å². The van der Waals surface area contributed by atoms with Gasteiger partial charge in [-0.2, -0.15) is 0 Å². The SMILES string of the molecule is CCOC(=O)Nc1c(O)cccc1C(C)=O. The second-order valence-corrected chi connectivity index (χ2v) is 3.10. The summed E-state index contributed by atoms with van der Waals surface area (Å²) in [5.74, 6) is -0.413. The average molecular weight is 223 g/mol. The number of phenols is 1. The Labute approximate surface area is 93.0 Å². The minimum Gasteiger partial charge on any atom is -0.506 e. The van der Waals surface area contributed by atoms with Gasteiger partial charge in [0.2, 0.25) is 0 Å². The number of nitrogens with one attached hydrogen (secondary N) is 1. The number of carbonyl (C=O) groups excluding carboxylic acids is 2. The van der Waals surface area contributed by atoms with E-state index in [2.05, 4.69) is 10.1 Å². The van der Waals surface area contributed by atoms with Crippen molar-refractivity contribution in [2.75, 3.05) is 11.9 Å². The molecule has 2 N–H and O–H groups in total. The number of benzene rings is 1. The van der Waals surface area contributed by atoms with Crippen LogP contribution in [0.1, 0.15) is 24.2 Å². The van der Waals surface area contributed by atoms with Gasteiger partial charge in [-0.1, -0.05) is 6.07 Å². The summed E-state index contributed by atoms with van der Waals surface area (Å²) in [6.45, 7) is 3.23. The van der Waals surface area contributed by atoms with E-state index in [0.29, 0.717) is 0 Å². The number of hydrogen-bond donors (Lipinski definition) is 2. The lowest BCUT2D eigenvalue weighted by atomic mass is 10.1. The summed E-state index contributed by atoms with van der Waals surface area (Å²) in [7, 11) is 0. The molecule has 0 aliphatic rings. The average Bonchev–Trinajstić information content (AvgIpc) is 2.21. The Kier molecular flexibility index (Phi) is 3.88. The Balaban J connectivity index is 3.01. The normalized spacial score (nSPS) is 9.62. The lowest BCUT2D eigenvalue weighted by molar-refractivity contribution is 0.101. The monoisotopic (exact) mass is 223 g/mol. The number of ether oxygens (including phenoxy) is 1. The third-order valence-corrected chi connectivity index (χ3v) is 1.92. The molecule has 1 aromatic carbocycles. The minimum atomic E-state index is -0.702. The van der Waals surface area contributed by atoms with Gasteiger partial charge in [0.15, 0.2) is 5.78 Å². The van der Waals surface area contributed by atoms with Gasteiger partial charge in [-0.3, -0.25) is 10.1 Å². The Hall–Kier alpha value is -2.04. The van der Waals surface area contributed by atoms with Crippen molar-refractivity contribution in [2.24, 2.45) is 0 Å². The maximum atomic E-state index is 11.3. The fourth-order valence-corrected chi connectivity index (χ4v) is 1.23. The van der Waals surface area contributed by atoms with Crippen molar-refractivity contribution in [1.29, 1.82) is 0 Å². The van der Waals surface area contributed by atoms with Crippen LogP contribution in [0.15, 0.2) is 18.2 Å². The van der Waals surface area contributed by atoms with E-state index in [1.54, 1.807) is 6.92 Å². The molecule has 5 heteroatoms. The van der Waals surface area contributed by atoms with Crippen LogP contribution >= 0.6 is 0 Å². The molecule has 0 aliphatic heterocycles. The fraction of sp³-hybridized carbons (Fsp3) is 0.273. The van der Waals surface area contributed by atoms with Crippen LogP contribution < -0.4 is 5.32 Å². The molecule has 86 valence electrons. The Bertz CT molecular complexity index is 414. The van der Waals surface area contributed by atoms with Gasteiger partial charge in [0.25, 0.3) is 0 Å². The highest BCUT2D eigenvalue weighted by atomic mass is 16.5. The standard InChI is InChI=1S/C11H13NO4/c1-3-16-11(15)12-10-8(7(2)13)5-4-6-9(10)14/h4-6,14H,3H2,1-2H3,(H,12,15). The zero-order valence-corrected chi connectivity index (χ0v) is 9.11. The molecule has 1 aromatic rings. The molecule has 0 saturated carbocycles. The number of Topliss-reactive ketones (excluding diaryl/α,β-unsaturated/α-hetero) is 1. The van der Waals surface area contributed by atoms with Crippen molar-refractivity contribution in [3.05, 3.63) is 23.8 Å². The zero-order valence-electron chi connectivity index (χ0n) is 9.11. The van der Waals surface area contributed by atoms with Crippen molar-refractivity contribution >= 4 is 17.6 Å². The molecule has 0 radical (unpaired) electrons. The summed E-state index contributed by atoms with van der Waals surface area (Å²) in [4.78, 5) is 22.4. The van der Waals surface area contributed by atoms with Gasteiger partial charge in [-0.05, 0) is 26.0 Å². The van der Waals surface area contributed by atoms with Crippen molar-refractivity contribution < 1.29 is 19.4 Å². The molecule has 1 rings (SSSR count). The van der Waals surface area contributed by atoms with Crippen molar-refractivity contribution in [3.8, 4) is 5.75 Å². The van der Waals surface area contributed by atoms with E-state index in [1.807, 2.05) is 0 Å². The third kappa shape index (κ3) is 2.73. The van der Waals surface area contributed by atoms with E-state index in [4.69, 9.17) is 0 Å². The zero-order chi connectivity index (χ0) is 12.1. The van der Waals surface area contributed by atoms with Gasteiger partial charge in [-0.25, -0.2) is 4.79 Å². The van der Waals surface area contributed by atoms with Gasteiger partial charge >= 0.3 is 6.09 Å². The summed E-state index contributed by atoms with van der Waals surface area (Å²) in [5, 5.41) is 11.9.